The van der Waals surface area contributed by atoms with Crippen molar-refractivity contribution in [3.63, 3.8) is 0 Å². The highest BCUT2D eigenvalue weighted by Crippen LogP contribution is 2.53. The smallest absolute Gasteiger partial charge is 0.262 e. The fourth-order valence-electron chi connectivity index (χ4n) is 4.56. The van der Waals surface area contributed by atoms with Crippen LogP contribution in [0.1, 0.15) is 23.7 Å². The molecule has 0 bridgehead atoms. The number of benzene rings is 2. The van der Waals surface area contributed by atoms with E-state index in [4.69, 9.17) is 30.5 Å². The maximum atomic E-state index is 13.6. The Bertz CT molecular complexity index is 1290. The van der Waals surface area contributed by atoms with Crippen molar-refractivity contribution in [2.45, 2.75) is 18.9 Å². The lowest BCUT2D eigenvalue weighted by Crippen LogP contribution is -2.55. The number of hydrogen-bond donors (Lipinski definition) is 2. The number of fused-ring (bicyclic) bond motifs is 2. The molecule has 3 aliphatic rings. The maximum Gasteiger partial charge on any atom is 0.262 e. The van der Waals surface area contributed by atoms with Gasteiger partial charge < -0.3 is 29.6 Å². The molecule has 0 saturated carbocycles. The summed E-state index contributed by atoms with van der Waals surface area (Å²) < 4.78 is 22.0. The second kappa shape index (κ2) is 7.95. The van der Waals surface area contributed by atoms with Gasteiger partial charge in [0, 0.05) is 29.4 Å². The van der Waals surface area contributed by atoms with Crippen molar-refractivity contribution in [1.82, 2.24) is 0 Å². The molecule has 0 fully saturated rings. The van der Waals surface area contributed by atoms with Crippen molar-refractivity contribution in [3.8, 4) is 23.0 Å². The molecule has 9 nitrogen and oxygen atoms in total. The third-order valence-corrected chi connectivity index (χ3v) is 6.59. The van der Waals surface area contributed by atoms with Crippen LogP contribution in [0.5, 0.6) is 23.0 Å². The number of allylic oxidation sites excluding steroid dienone is 1. The molecule has 1 spiro atoms. The standard InChI is InChI=1S/C24H21ClN2O7/c1-11-6-13(26-12-4-5-15-14(7-12)27-19(29)10-33-15)8-18(28)24(11)23(30)20-16(31-2)9-17(32-3)21(25)22(20)34-24/h4-5,7-9,11,26H,6,10H2,1-3H3,(H,27,29)/t11-,24+/m1/s1. The maximum absolute atomic E-state index is 13.6. The predicted molar refractivity (Wildman–Crippen MR) is 123 cm³/mol. The van der Waals surface area contributed by atoms with Crippen LogP contribution >= 0.6 is 11.6 Å². The zero-order chi connectivity index (χ0) is 24.2. The summed E-state index contributed by atoms with van der Waals surface area (Å²) in [5.74, 6) is -0.599. The fourth-order valence-corrected chi connectivity index (χ4v) is 4.83. The molecule has 2 heterocycles. The van der Waals surface area contributed by atoms with Gasteiger partial charge in [0.2, 0.25) is 17.2 Å². The Labute approximate surface area is 200 Å². The summed E-state index contributed by atoms with van der Waals surface area (Å²) in [7, 11) is 2.86. The molecule has 1 amide bonds. The van der Waals surface area contributed by atoms with Crippen LogP contribution < -0.4 is 29.6 Å². The van der Waals surface area contributed by atoms with Gasteiger partial charge in [-0.1, -0.05) is 18.5 Å². The lowest BCUT2D eigenvalue weighted by atomic mass is 9.74. The number of nitrogens with one attached hydrogen (secondary N) is 2. The summed E-state index contributed by atoms with van der Waals surface area (Å²) in [4.78, 5) is 38.6. The van der Waals surface area contributed by atoms with Crippen molar-refractivity contribution in [3.05, 3.63) is 46.6 Å². The number of methoxy groups -OCH3 is 2. The summed E-state index contributed by atoms with van der Waals surface area (Å²) in [5, 5.41) is 6.05. The first-order chi connectivity index (χ1) is 16.3. The van der Waals surface area contributed by atoms with Crippen LogP contribution in [-0.2, 0) is 9.59 Å². The average molecular weight is 485 g/mol. The predicted octanol–water partition coefficient (Wildman–Crippen LogP) is 3.61. The second-order valence-electron chi connectivity index (χ2n) is 8.28. The molecule has 0 unspecified atom stereocenters. The second-order valence-corrected chi connectivity index (χ2v) is 8.66. The van der Waals surface area contributed by atoms with Gasteiger partial charge in [0.1, 0.15) is 27.8 Å². The molecular formula is C24H21ClN2O7. The molecule has 0 radical (unpaired) electrons. The highest BCUT2D eigenvalue weighted by Gasteiger charge is 2.60. The van der Waals surface area contributed by atoms with Gasteiger partial charge in [-0.15, -0.1) is 0 Å². The van der Waals surface area contributed by atoms with Crippen LogP contribution in [-0.4, -0.2) is 43.9 Å². The van der Waals surface area contributed by atoms with Crippen LogP contribution in [0, 0.1) is 5.92 Å². The first kappa shape index (κ1) is 22.1. The van der Waals surface area contributed by atoms with Crippen molar-refractivity contribution >= 4 is 40.4 Å². The average Bonchev–Trinajstić information content (AvgIpc) is 3.13. The van der Waals surface area contributed by atoms with Crippen LogP contribution in [0.15, 0.2) is 36.0 Å². The van der Waals surface area contributed by atoms with E-state index >= 15 is 0 Å². The van der Waals surface area contributed by atoms with E-state index in [1.165, 1.54) is 26.4 Å². The molecule has 2 aromatic carbocycles. The Morgan fingerprint density at radius 2 is 1.91 bits per heavy atom. The molecule has 5 rings (SSSR count). The van der Waals surface area contributed by atoms with Gasteiger partial charge in [0.05, 0.1) is 19.9 Å². The number of ketones is 2. The first-order valence-corrected chi connectivity index (χ1v) is 10.9. The van der Waals surface area contributed by atoms with Crippen LogP contribution in [0.25, 0.3) is 0 Å². The summed E-state index contributed by atoms with van der Waals surface area (Å²) in [6, 6.07) is 6.73. The first-order valence-electron chi connectivity index (χ1n) is 10.6. The van der Waals surface area contributed by atoms with E-state index in [2.05, 4.69) is 10.6 Å². The van der Waals surface area contributed by atoms with Gasteiger partial charge in [0.25, 0.3) is 5.91 Å². The Morgan fingerprint density at radius 3 is 2.62 bits per heavy atom. The molecule has 2 aromatic rings. The zero-order valence-corrected chi connectivity index (χ0v) is 19.4. The summed E-state index contributed by atoms with van der Waals surface area (Å²) in [6.07, 6.45) is 1.72. The zero-order valence-electron chi connectivity index (χ0n) is 18.6. The van der Waals surface area contributed by atoms with Crippen molar-refractivity contribution in [2.24, 2.45) is 5.92 Å². The van der Waals surface area contributed by atoms with Crippen LogP contribution in [0.4, 0.5) is 11.4 Å². The van der Waals surface area contributed by atoms with E-state index in [1.807, 2.05) is 0 Å². The number of carbonyl (C=O) groups is 3. The minimum Gasteiger partial charge on any atom is -0.496 e. The summed E-state index contributed by atoms with van der Waals surface area (Å²) >= 11 is 6.41. The molecule has 2 aliphatic heterocycles. The van der Waals surface area contributed by atoms with E-state index in [0.717, 1.165) is 0 Å². The fraction of sp³-hybridized carbons (Fsp3) is 0.292. The lowest BCUT2D eigenvalue weighted by molar-refractivity contribution is -0.129. The number of carbonyl (C=O) groups excluding carboxylic acids is 3. The molecule has 2 atom stereocenters. The molecule has 1 aliphatic carbocycles. The minimum absolute atomic E-state index is 0.0316. The van der Waals surface area contributed by atoms with Crippen molar-refractivity contribution in [1.29, 1.82) is 0 Å². The highest BCUT2D eigenvalue weighted by atomic mass is 35.5. The van der Waals surface area contributed by atoms with E-state index in [9.17, 15) is 14.4 Å². The molecule has 2 N–H and O–H groups in total. The molecule has 34 heavy (non-hydrogen) atoms. The largest absolute Gasteiger partial charge is 0.496 e. The van der Waals surface area contributed by atoms with Crippen molar-refractivity contribution in [2.75, 3.05) is 31.5 Å². The van der Waals surface area contributed by atoms with Gasteiger partial charge in [0.15, 0.2) is 12.4 Å². The molecule has 176 valence electrons. The molecular weight excluding hydrogens is 464 g/mol. The van der Waals surface area contributed by atoms with E-state index < -0.39 is 23.1 Å². The van der Waals surface area contributed by atoms with Crippen molar-refractivity contribution < 1.29 is 33.3 Å². The van der Waals surface area contributed by atoms with E-state index in [-0.39, 0.29) is 40.3 Å². The summed E-state index contributed by atoms with van der Waals surface area (Å²) in [6.45, 7) is 1.74. The van der Waals surface area contributed by atoms with E-state index in [0.29, 0.717) is 29.2 Å². The third kappa shape index (κ3) is 3.19. The van der Waals surface area contributed by atoms with Gasteiger partial charge in [-0.2, -0.15) is 0 Å². The number of halogens is 1. The topological polar surface area (TPSA) is 112 Å². The lowest BCUT2D eigenvalue weighted by Gasteiger charge is -2.35. The van der Waals surface area contributed by atoms with Crippen LogP contribution in [0.3, 0.4) is 0 Å². The highest BCUT2D eigenvalue weighted by molar-refractivity contribution is 6.36. The molecule has 0 saturated heterocycles. The Hall–Kier alpha value is -3.72. The van der Waals surface area contributed by atoms with E-state index in [1.54, 1.807) is 25.1 Å². The number of amides is 1. The number of hydrogen-bond acceptors (Lipinski definition) is 8. The van der Waals surface area contributed by atoms with Gasteiger partial charge >= 0.3 is 0 Å². The van der Waals surface area contributed by atoms with Gasteiger partial charge in [-0.05, 0) is 24.6 Å². The summed E-state index contributed by atoms with van der Waals surface area (Å²) in [5.41, 5.74) is 0.184. The number of rotatable bonds is 4. The Kier molecular flexibility index (Phi) is 5.16. The number of ether oxygens (including phenoxy) is 4. The monoisotopic (exact) mass is 484 g/mol. The Morgan fingerprint density at radius 1 is 1.15 bits per heavy atom. The third-order valence-electron chi connectivity index (χ3n) is 6.23. The SMILES string of the molecule is COc1cc(OC)c2c(c1Cl)O[C@@]1(C(=O)C=C(Nc3ccc4c(c3)NC(=O)CO4)C[C@H]1C)C2=O. The number of anilines is 2. The normalized spacial score (nSPS) is 22.8. The van der Waals surface area contributed by atoms with Gasteiger partial charge in [-0.3, -0.25) is 14.4 Å². The van der Waals surface area contributed by atoms with Crippen LogP contribution in [0.2, 0.25) is 5.02 Å². The Balaban J connectivity index is 1.46. The van der Waals surface area contributed by atoms with Gasteiger partial charge in [-0.25, -0.2) is 0 Å². The quantitative estimate of drug-likeness (QED) is 0.633. The molecule has 10 heteroatoms. The molecule has 0 aromatic heterocycles. The number of Topliss-reactive ketones (excluding diaryl/α,β-unsaturated/α-hetero) is 1. The minimum atomic E-state index is -1.74.